The van der Waals surface area contributed by atoms with Gasteiger partial charge in [-0.15, -0.1) is 11.8 Å². The molecule has 0 aliphatic heterocycles. The number of nitrogens with one attached hydrogen (secondary N) is 1. The Balaban J connectivity index is 2.65. The van der Waals surface area contributed by atoms with Gasteiger partial charge in [-0.1, -0.05) is 19.8 Å². The maximum absolute atomic E-state index is 12.1. The van der Waals surface area contributed by atoms with Crippen LogP contribution in [-0.2, 0) is 9.53 Å². The molecule has 1 aromatic carbocycles. The second-order valence-corrected chi connectivity index (χ2v) is 5.84. The Hall–Kier alpha value is -1.73. The standard InChI is InChI=1S/C15H21NO5S/c1-3-4-5-8-22-15(21-2)13(18)16-10-6-7-12(17)11(9-10)14(19)20/h6-7,9,15,17H,3-5,8H2,1-2H3,(H,16,18)(H,19,20). The molecule has 0 aliphatic carbocycles. The molecule has 6 nitrogen and oxygen atoms in total. The number of thioether (sulfide) groups is 1. The summed E-state index contributed by atoms with van der Waals surface area (Å²) in [7, 11) is 1.45. The molecule has 1 rings (SSSR count). The number of hydrogen-bond acceptors (Lipinski definition) is 5. The molecule has 1 unspecified atom stereocenters. The SMILES string of the molecule is CCCCCSC(OC)C(=O)Nc1ccc(O)c(C(=O)O)c1. The summed E-state index contributed by atoms with van der Waals surface area (Å²) < 4.78 is 5.15. The number of carbonyl (C=O) groups is 2. The quantitative estimate of drug-likeness (QED) is 0.367. The molecule has 0 fully saturated rings. The molecule has 0 aliphatic rings. The van der Waals surface area contributed by atoms with Gasteiger partial charge in [-0.2, -0.15) is 0 Å². The van der Waals surface area contributed by atoms with E-state index in [-0.39, 0.29) is 17.2 Å². The van der Waals surface area contributed by atoms with Gasteiger partial charge in [0.05, 0.1) is 0 Å². The van der Waals surface area contributed by atoms with Crippen molar-refractivity contribution in [1.29, 1.82) is 0 Å². The van der Waals surface area contributed by atoms with Crippen LogP contribution in [0.3, 0.4) is 0 Å². The summed E-state index contributed by atoms with van der Waals surface area (Å²) in [4.78, 5) is 23.1. The molecule has 1 amide bonds. The van der Waals surface area contributed by atoms with Gasteiger partial charge in [-0.3, -0.25) is 4.79 Å². The van der Waals surface area contributed by atoms with Crippen LogP contribution >= 0.6 is 11.8 Å². The van der Waals surface area contributed by atoms with Gasteiger partial charge in [0.25, 0.3) is 5.91 Å². The fourth-order valence-electron chi connectivity index (χ4n) is 1.78. The average Bonchev–Trinajstić information content (AvgIpc) is 2.49. The molecule has 0 spiro atoms. The molecule has 1 atom stereocenters. The van der Waals surface area contributed by atoms with Gasteiger partial charge in [0.1, 0.15) is 11.3 Å². The van der Waals surface area contributed by atoms with Crippen molar-refractivity contribution in [1.82, 2.24) is 0 Å². The second kappa shape index (κ2) is 9.32. The first-order valence-electron chi connectivity index (χ1n) is 7.01. The average molecular weight is 327 g/mol. The van der Waals surface area contributed by atoms with Crippen molar-refractivity contribution in [2.45, 2.75) is 31.6 Å². The highest BCUT2D eigenvalue weighted by molar-refractivity contribution is 8.00. The molecule has 1 aromatic rings. The van der Waals surface area contributed by atoms with E-state index in [1.807, 2.05) is 0 Å². The number of benzene rings is 1. The molecule has 0 saturated heterocycles. The summed E-state index contributed by atoms with van der Waals surface area (Å²) in [6.45, 7) is 2.11. The van der Waals surface area contributed by atoms with Crippen molar-refractivity contribution in [3.63, 3.8) is 0 Å². The highest BCUT2D eigenvalue weighted by atomic mass is 32.2. The van der Waals surface area contributed by atoms with E-state index in [2.05, 4.69) is 12.2 Å². The first-order chi connectivity index (χ1) is 10.5. The molecule has 0 bridgehead atoms. The zero-order valence-electron chi connectivity index (χ0n) is 12.7. The summed E-state index contributed by atoms with van der Waals surface area (Å²) >= 11 is 1.40. The molecule has 22 heavy (non-hydrogen) atoms. The van der Waals surface area contributed by atoms with Crippen LogP contribution in [0.2, 0.25) is 0 Å². The van der Waals surface area contributed by atoms with Gasteiger partial charge >= 0.3 is 5.97 Å². The monoisotopic (exact) mass is 327 g/mol. The lowest BCUT2D eigenvalue weighted by Gasteiger charge is -2.15. The van der Waals surface area contributed by atoms with E-state index in [9.17, 15) is 14.7 Å². The maximum Gasteiger partial charge on any atom is 0.339 e. The molecule has 0 heterocycles. The van der Waals surface area contributed by atoms with Crippen LogP contribution in [0.1, 0.15) is 36.5 Å². The number of aromatic carboxylic acids is 1. The smallest absolute Gasteiger partial charge is 0.339 e. The highest BCUT2D eigenvalue weighted by Crippen LogP contribution is 2.23. The van der Waals surface area contributed by atoms with Gasteiger partial charge in [-0.25, -0.2) is 4.79 Å². The zero-order chi connectivity index (χ0) is 16.5. The lowest BCUT2D eigenvalue weighted by Crippen LogP contribution is -2.27. The minimum Gasteiger partial charge on any atom is -0.507 e. The normalized spacial score (nSPS) is 11.9. The van der Waals surface area contributed by atoms with E-state index in [0.717, 1.165) is 25.0 Å². The molecule has 7 heteroatoms. The fraction of sp³-hybridized carbons (Fsp3) is 0.467. The van der Waals surface area contributed by atoms with Crippen molar-refractivity contribution >= 4 is 29.3 Å². The summed E-state index contributed by atoms with van der Waals surface area (Å²) in [5.41, 5.74) is -0.613. The van der Waals surface area contributed by atoms with E-state index in [1.54, 1.807) is 0 Å². The molecular weight excluding hydrogens is 306 g/mol. The number of amides is 1. The number of aromatic hydroxyl groups is 1. The van der Waals surface area contributed by atoms with Gasteiger partial charge in [0, 0.05) is 12.8 Å². The largest absolute Gasteiger partial charge is 0.507 e. The molecule has 0 saturated carbocycles. The number of anilines is 1. The predicted octanol–water partition coefficient (Wildman–Crippen LogP) is 2.92. The first-order valence-corrected chi connectivity index (χ1v) is 8.06. The van der Waals surface area contributed by atoms with Crippen molar-refractivity contribution in [2.24, 2.45) is 0 Å². The second-order valence-electron chi connectivity index (χ2n) is 4.67. The Bertz CT molecular complexity index is 521. The number of hydrogen-bond donors (Lipinski definition) is 3. The van der Waals surface area contributed by atoms with Crippen LogP contribution < -0.4 is 5.32 Å². The third-order valence-electron chi connectivity index (χ3n) is 2.94. The Morgan fingerprint density at radius 1 is 1.36 bits per heavy atom. The maximum atomic E-state index is 12.1. The zero-order valence-corrected chi connectivity index (χ0v) is 13.5. The summed E-state index contributed by atoms with van der Waals surface area (Å²) in [5, 5.41) is 21.0. The Labute approximate surface area is 133 Å². The van der Waals surface area contributed by atoms with Crippen LogP contribution in [0.5, 0.6) is 5.75 Å². The fourth-order valence-corrected chi connectivity index (χ4v) is 2.71. The number of carboxylic acid groups (broad SMARTS) is 1. The van der Waals surface area contributed by atoms with Crippen LogP contribution in [0.4, 0.5) is 5.69 Å². The van der Waals surface area contributed by atoms with Gasteiger partial charge < -0.3 is 20.3 Å². The molecule has 122 valence electrons. The van der Waals surface area contributed by atoms with Crippen molar-refractivity contribution in [3.05, 3.63) is 23.8 Å². The number of methoxy groups -OCH3 is 1. The van der Waals surface area contributed by atoms with E-state index in [1.165, 1.54) is 37.1 Å². The lowest BCUT2D eigenvalue weighted by molar-refractivity contribution is -0.121. The van der Waals surface area contributed by atoms with Crippen LogP contribution in [-0.4, -0.2) is 40.4 Å². The van der Waals surface area contributed by atoms with E-state index in [0.29, 0.717) is 5.69 Å². The molecule has 3 N–H and O–H groups in total. The van der Waals surface area contributed by atoms with Crippen LogP contribution in [0.15, 0.2) is 18.2 Å². The topological polar surface area (TPSA) is 95.9 Å². The summed E-state index contributed by atoms with van der Waals surface area (Å²) in [6, 6.07) is 3.88. The molecule has 0 aromatic heterocycles. The van der Waals surface area contributed by atoms with Crippen LogP contribution in [0, 0.1) is 0 Å². The number of unbranched alkanes of at least 4 members (excludes halogenated alkanes) is 2. The number of phenols is 1. The predicted molar refractivity (Wildman–Crippen MR) is 86.5 cm³/mol. The van der Waals surface area contributed by atoms with Crippen molar-refractivity contribution in [3.8, 4) is 5.75 Å². The number of ether oxygens (including phenoxy) is 1. The Morgan fingerprint density at radius 3 is 2.68 bits per heavy atom. The number of carbonyl (C=O) groups excluding carboxylic acids is 1. The van der Waals surface area contributed by atoms with Crippen molar-refractivity contribution < 1.29 is 24.5 Å². The summed E-state index contributed by atoms with van der Waals surface area (Å²) in [5.74, 6) is -1.14. The van der Waals surface area contributed by atoms with E-state index in [4.69, 9.17) is 9.84 Å². The lowest BCUT2D eigenvalue weighted by atomic mass is 10.2. The minimum absolute atomic E-state index is 0.262. The first kappa shape index (κ1) is 18.3. The third kappa shape index (κ3) is 5.57. The van der Waals surface area contributed by atoms with E-state index >= 15 is 0 Å². The third-order valence-corrected chi connectivity index (χ3v) is 4.17. The number of rotatable bonds is 9. The van der Waals surface area contributed by atoms with Crippen molar-refractivity contribution in [2.75, 3.05) is 18.2 Å². The van der Waals surface area contributed by atoms with E-state index < -0.39 is 11.4 Å². The van der Waals surface area contributed by atoms with Gasteiger partial charge in [0.2, 0.25) is 0 Å². The Kier molecular flexibility index (Phi) is 7.76. The van der Waals surface area contributed by atoms with Crippen LogP contribution in [0.25, 0.3) is 0 Å². The van der Waals surface area contributed by atoms with Gasteiger partial charge in [-0.05, 0) is 30.4 Å². The highest BCUT2D eigenvalue weighted by Gasteiger charge is 2.19. The van der Waals surface area contributed by atoms with Gasteiger partial charge in [0.15, 0.2) is 5.44 Å². The number of carboxylic acids is 1. The molecular formula is C15H21NO5S. The minimum atomic E-state index is -1.26. The Morgan fingerprint density at radius 2 is 2.09 bits per heavy atom. The molecule has 0 radical (unpaired) electrons. The summed E-state index contributed by atoms with van der Waals surface area (Å²) in [6.07, 6.45) is 3.22.